The molecule has 0 spiro atoms. The van der Waals surface area contributed by atoms with Crippen LogP contribution < -0.4 is 0 Å². The molecule has 0 bridgehead atoms. The van der Waals surface area contributed by atoms with Crippen molar-refractivity contribution in [2.75, 3.05) is 0 Å². The fourth-order valence-electron chi connectivity index (χ4n) is 1.53. The molecular weight excluding hydrogens is 184 g/mol. The zero-order chi connectivity index (χ0) is 11.7. The molecule has 0 aliphatic heterocycles. The van der Waals surface area contributed by atoms with E-state index in [0.29, 0.717) is 0 Å². The highest BCUT2D eigenvalue weighted by molar-refractivity contribution is 5.15. The molecule has 2 atom stereocenters. The lowest BCUT2D eigenvalue weighted by Gasteiger charge is -2.25. The quantitative estimate of drug-likeness (QED) is 0.367. The fourth-order valence-corrected chi connectivity index (χ4v) is 1.53. The maximum Gasteiger partial charge on any atom is 0.0738 e. The normalized spacial score (nSPS) is 16.4. The van der Waals surface area contributed by atoms with Crippen LogP contribution in [0.15, 0.2) is 12.7 Å². The van der Waals surface area contributed by atoms with Crippen LogP contribution in [-0.4, -0.2) is 11.2 Å². The minimum absolute atomic E-state index is 0.457. The number of hydrogen-bond donors (Lipinski definition) is 1. The van der Waals surface area contributed by atoms with Crippen LogP contribution in [0.25, 0.3) is 0 Å². The van der Waals surface area contributed by atoms with Crippen LogP contribution in [0.1, 0.15) is 52.4 Å². The van der Waals surface area contributed by atoms with Crippen LogP contribution in [0.4, 0.5) is 0 Å². The molecule has 0 aliphatic rings. The van der Waals surface area contributed by atoms with Crippen LogP contribution in [0, 0.1) is 17.8 Å². The lowest BCUT2D eigenvalue weighted by Crippen LogP contribution is -2.28. The Morgan fingerprint density at radius 3 is 2.47 bits per heavy atom. The third kappa shape index (κ3) is 5.04. The van der Waals surface area contributed by atoms with Gasteiger partial charge in [-0.15, -0.1) is 13.0 Å². The number of aliphatic hydroxyl groups excluding tert-OH is 1. The first-order chi connectivity index (χ1) is 7.10. The Labute approximate surface area is 94.6 Å². The zero-order valence-electron chi connectivity index (χ0n) is 10.1. The lowest BCUT2D eigenvalue weighted by molar-refractivity contribution is 0.0929. The largest absolute Gasteiger partial charge is 0.391 e. The molecule has 1 nitrogen and oxygen atoms in total. The third-order valence-corrected chi connectivity index (χ3v) is 3.01. The van der Waals surface area contributed by atoms with Crippen molar-refractivity contribution >= 4 is 0 Å². The molecule has 0 fully saturated rings. The first kappa shape index (κ1) is 14.3. The molecule has 0 aromatic heterocycles. The molecule has 0 aromatic carbocycles. The number of rotatable bonds is 8. The van der Waals surface area contributed by atoms with E-state index in [9.17, 15) is 5.11 Å². The van der Waals surface area contributed by atoms with E-state index >= 15 is 0 Å². The summed E-state index contributed by atoms with van der Waals surface area (Å²) in [5.74, 6) is 2.61. The molecule has 0 radical (unpaired) electrons. The van der Waals surface area contributed by atoms with E-state index in [-0.39, 0.29) is 0 Å². The minimum atomic E-state index is -0.565. The van der Waals surface area contributed by atoms with E-state index in [0.717, 1.165) is 12.8 Å². The van der Waals surface area contributed by atoms with E-state index in [1.165, 1.54) is 25.7 Å². The molecule has 0 heterocycles. The van der Waals surface area contributed by atoms with Crippen LogP contribution in [0.3, 0.4) is 0 Å². The molecule has 0 aromatic rings. The summed E-state index contributed by atoms with van der Waals surface area (Å²) in [6.45, 7) is 7.73. The Bertz CT molecular complexity index is 214. The van der Waals surface area contributed by atoms with Crippen molar-refractivity contribution in [1.29, 1.82) is 0 Å². The molecule has 0 rings (SSSR count). The first-order valence-corrected chi connectivity index (χ1v) is 5.90. The molecule has 0 amide bonds. The Kier molecular flexibility index (Phi) is 7.17. The fraction of sp³-hybridized carbons (Fsp3) is 0.714. The maximum atomic E-state index is 9.91. The van der Waals surface area contributed by atoms with Crippen molar-refractivity contribution in [2.45, 2.75) is 58.5 Å². The van der Waals surface area contributed by atoms with Crippen molar-refractivity contribution in [3.05, 3.63) is 12.7 Å². The second kappa shape index (κ2) is 7.54. The summed E-state index contributed by atoms with van der Waals surface area (Å²) >= 11 is 0. The van der Waals surface area contributed by atoms with Gasteiger partial charge in [-0.25, -0.2) is 0 Å². The number of unbranched alkanes of at least 4 members (excludes halogenated alkanes) is 4. The van der Waals surface area contributed by atoms with Gasteiger partial charge in [0.1, 0.15) is 0 Å². The molecule has 0 saturated carbocycles. The van der Waals surface area contributed by atoms with Gasteiger partial charge in [-0.1, -0.05) is 51.0 Å². The lowest BCUT2D eigenvalue weighted by atomic mass is 9.83. The van der Waals surface area contributed by atoms with Crippen molar-refractivity contribution in [1.82, 2.24) is 0 Å². The average Bonchev–Trinajstić information content (AvgIpc) is 2.27. The van der Waals surface area contributed by atoms with E-state index in [4.69, 9.17) is 6.42 Å². The van der Waals surface area contributed by atoms with Gasteiger partial charge in [0.25, 0.3) is 0 Å². The number of aliphatic hydroxyl groups is 1. The Hall–Kier alpha value is -0.740. The van der Waals surface area contributed by atoms with Gasteiger partial charge in [0, 0.05) is 0 Å². The van der Waals surface area contributed by atoms with Crippen LogP contribution in [0.2, 0.25) is 0 Å². The van der Waals surface area contributed by atoms with Gasteiger partial charge in [0.05, 0.1) is 11.5 Å². The average molecular weight is 208 g/mol. The summed E-state index contributed by atoms with van der Waals surface area (Å²) in [6, 6.07) is 0. The smallest absolute Gasteiger partial charge is 0.0738 e. The standard InChI is InChI=1S/C14H24O/c1-5-8-9-10-11-12-13(15)14(4,6-2)7-3/h2,7,13,15H,3,5,8-12H2,1,4H3. The van der Waals surface area contributed by atoms with E-state index in [1.807, 2.05) is 6.92 Å². The molecule has 1 heteroatoms. The van der Waals surface area contributed by atoms with E-state index < -0.39 is 11.5 Å². The Morgan fingerprint density at radius 1 is 1.40 bits per heavy atom. The van der Waals surface area contributed by atoms with Crippen LogP contribution in [-0.2, 0) is 0 Å². The van der Waals surface area contributed by atoms with E-state index in [1.54, 1.807) is 6.08 Å². The van der Waals surface area contributed by atoms with Crippen molar-refractivity contribution in [2.24, 2.45) is 5.41 Å². The monoisotopic (exact) mass is 208 g/mol. The molecule has 2 unspecified atom stereocenters. The summed E-state index contributed by atoms with van der Waals surface area (Å²) in [6.07, 6.45) is 13.4. The molecule has 15 heavy (non-hydrogen) atoms. The summed E-state index contributed by atoms with van der Waals surface area (Å²) < 4.78 is 0. The van der Waals surface area contributed by atoms with Crippen LogP contribution in [0.5, 0.6) is 0 Å². The summed E-state index contributed by atoms with van der Waals surface area (Å²) in [7, 11) is 0. The van der Waals surface area contributed by atoms with Gasteiger partial charge in [0.15, 0.2) is 0 Å². The van der Waals surface area contributed by atoms with Gasteiger partial charge < -0.3 is 5.11 Å². The van der Waals surface area contributed by atoms with Crippen molar-refractivity contribution in [3.8, 4) is 12.3 Å². The second-order valence-corrected chi connectivity index (χ2v) is 4.35. The van der Waals surface area contributed by atoms with Gasteiger partial charge in [-0.05, 0) is 13.3 Å². The van der Waals surface area contributed by atoms with Gasteiger partial charge >= 0.3 is 0 Å². The highest BCUT2D eigenvalue weighted by Crippen LogP contribution is 2.25. The minimum Gasteiger partial charge on any atom is -0.391 e. The Balaban J connectivity index is 3.78. The molecule has 1 N–H and O–H groups in total. The Morgan fingerprint density at radius 2 is 2.00 bits per heavy atom. The summed E-state index contributed by atoms with van der Waals surface area (Å²) in [5, 5.41) is 9.91. The SMILES string of the molecule is C#CC(C)(C=C)C(O)CCCCCCC. The van der Waals surface area contributed by atoms with E-state index in [2.05, 4.69) is 19.4 Å². The topological polar surface area (TPSA) is 20.2 Å². The zero-order valence-corrected chi connectivity index (χ0v) is 10.1. The molecule has 0 aliphatic carbocycles. The molecule has 86 valence electrons. The van der Waals surface area contributed by atoms with Gasteiger partial charge in [-0.2, -0.15) is 0 Å². The second-order valence-electron chi connectivity index (χ2n) is 4.35. The van der Waals surface area contributed by atoms with Crippen LogP contribution >= 0.6 is 0 Å². The first-order valence-electron chi connectivity index (χ1n) is 5.90. The summed E-state index contributed by atoms with van der Waals surface area (Å²) in [4.78, 5) is 0. The molecular formula is C14H24O. The number of terminal acetylenes is 1. The third-order valence-electron chi connectivity index (χ3n) is 3.01. The van der Waals surface area contributed by atoms with Gasteiger partial charge in [0.2, 0.25) is 0 Å². The maximum absolute atomic E-state index is 9.91. The summed E-state index contributed by atoms with van der Waals surface area (Å²) in [5.41, 5.74) is -0.565. The van der Waals surface area contributed by atoms with Gasteiger partial charge in [-0.3, -0.25) is 0 Å². The number of hydrogen-bond acceptors (Lipinski definition) is 1. The highest BCUT2D eigenvalue weighted by atomic mass is 16.3. The molecule has 0 saturated heterocycles. The van der Waals surface area contributed by atoms with Crippen molar-refractivity contribution in [3.63, 3.8) is 0 Å². The van der Waals surface area contributed by atoms with Crippen molar-refractivity contribution < 1.29 is 5.11 Å². The highest BCUT2D eigenvalue weighted by Gasteiger charge is 2.26. The predicted octanol–water partition coefficient (Wildman–Crippen LogP) is 3.53. The predicted molar refractivity (Wildman–Crippen MR) is 66.5 cm³/mol.